The van der Waals surface area contributed by atoms with Gasteiger partial charge in [-0.15, -0.1) is 0 Å². The highest BCUT2D eigenvalue weighted by atomic mass is 19.4. The Morgan fingerprint density at radius 3 is 2.36 bits per heavy atom. The van der Waals surface area contributed by atoms with Crippen LogP contribution in [0.15, 0.2) is 36.7 Å². The van der Waals surface area contributed by atoms with E-state index in [0.29, 0.717) is 18.0 Å². The van der Waals surface area contributed by atoms with E-state index in [0.717, 1.165) is 58.3 Å². The molecule has 8 nitrogen and oxygen atoms in total. The summed E-state index contributed by atoms with van der Waals surface area (Å²) in [6, 6.07) is 5.44. The third-order valence-electron chi connectivity index (χ3n) is 5.21. The Kier molecular flexibility index (Phi) is 9.00. The molecule has 0 saturated carbocycles. The Labute approximate surface area is 189 Å². The lowest BCUT2D eigenvalue weighted by atomic mass is 9.88. The van der Waals surface area contributed by atoms with Crippen LogP contribution < -0.4 is 5.32 Å². The van der Waals surface area contributed by atoms with Crippen LogP contribution in [-0.4, -0.2) is 57.0 Å². The second-order valence-electron chi connectivity index (χ2n) is 7.88. The van der Waals surface area contributed by atoms with E-state index in [4.69, 9.17) is 24.5 Å². The second-order valence-corrected chi connectivity index (χ2v) is 7.88. The summed E-state index contributed by atoms with van der Waals surface area (Å²) in [7, 11) is 0. The van der Waals surface area contributed by atoms with Gasteiger partial charge in [0.1, 0.15) is 5.82 Å². The number of carbonyl (C=O) groups is 2. The summed E-state index contributed by atoms with van der Waals surface area (Å²) in [5, 5.41) is 18.2. The minimum atomic E-state index is -4.36. The maximum absolute atomic E-state index is 13.0. The topological polar surface area (TPSA) is 114 Å². The molecule has 1 aromatic carbocycles. The molecule has 0 aliphatic carbocycles. The molecule has 2 aliphatic rings. The van der Waals surface area contributed by atoms with E-state index in [-0.39, 0.29) is 11.6 Å². The maximum Gasteiger partial charge on any atom is 0.416 e. The number of hydrogen-bond donors (Lipinski definition) is 3. The molecule has 0 amide bonds. The zero-order valence-corrected chi connectivity index (χ0v) is 18.4. The predicted octanol–water partition coefficient (Wildman–Crippen LogP) is 3.83. The number of aromatic nitrogens is 2. The first-order valence-electron chi connectivity index (χ1n) is 10.4. The summed E-state index contributed by atoms with van der Waals surface area (Å²) < 4.78 is 47.1. The van der Waals surface area contributed by atoms with E-state index < -0.39 is 23.7 Å². The lowest BCUT2D eigenvalue weighted by Crippen LogP contribution is -2.41. The molecule has 0 radical (unpaired) electrons. The Morgan fingerprint density at radius 1 is 1.18 bits per heavy atom. The van der Waals surface area contributed by atoms with Crippen molar-refractivity contribution in [1.82, 2.24) is 14.9 Å². The fourth-order valence-corrected chi connectivity index (χ4v) is 3.90. The van der Waals surface area contributed by atoms with Crippen LogP contribution in [0.5, 0.6) is 0 Å². The van der Waals surface area contributed by atoms with Gasteiger partial charge < -0.3 is 24.8 Å². The largest absolute Gasteiger partial charge is 0.481 e. The quantitative estimate of drug-likeness (QED) is 0.610. The van der Waals surface area contributed by atoms with Crippen LogP contribution in [0.3, 0.4) is 0 Å². The van der Waals surface area contributed by atoms with Crippen molar-refractivity contribution in [3.05, 3.63) is 42.2 Å². The first-order valence-corrected chi connectivity index (χ1v) is 10.4. The lowest BCUT2D eigenvalue weighted by molar-refractivity contribution is -0.137. The SMILES string of the molecule is CC(=O)O.CC(=O)O.FC(F)(F)c1cccc(-c2nccn2C2COC3(CCNCC3)C2)c1. The number of ether oxygens (including phenoxy) is 1. The second kappa shape index (κ2) is 11.3. The number of aliphatic carboxylic acids is 2. The third-order valence-corrected chi connectivity index (χ3v) is 5.21. The van der Waals surface area contributed by atoms with Crippen molar-refractivity contribution in [3.63, 3.8) is 0 Å². The molecule has 182 valence electrons. The molecule has 0 bridgehead atoms. The molecule has 1 unspecified atom stereocenters. The highest BCUT2D eigenvalue weighted by Gasteiger charge is 2.42. The highest BCUT2D eigenvalue weighted by molar-refractivity contribution is 5.63. The summed E-state index contributed by atoms with van der Waals surface area (Å²) in [4.78, 5) is 22.3. The Bertz CT molecular complexity index is 919. The Morgan fingerprint density at radius 2 is 1.79 bits per heavy atom. The van der Waals surface area contributed by atoms with E-state index in [2.05, 4.69) is 10.3 Å². The van der Waals surface area contributed by atoms with Crippen LogP contribution in [-0.2, 0) is 20.5 Å². The van der Waals surface area contributed by atoms with E-state index >= 15 is 0 Å². The first-order chi connectivity index (χ1) is 15.4. The average molecular weight is 471 g/mol. The lowest BCUT2D eigenvalue weighted by Gasteiger charge is -2.33. The number of nitrogens with zero attached hydrogens (tertiary/aromatic N) is 2. The fourth-order valence-electron chi connectivity index (χ4n) is 3.90. The van der Waals surface area contributed by atoms with Gasteiger partial charge in [0.15, 0.2) is 0 Å². The first kappa shape index (κ1) is 26.3. The minimum Gasteiger partial charge on any atom is -0.481 e. The van der Waals surface area contributed by atoms with Crippen LogP contribution in [0.4, 0.5) is 13.2 Å². The van der Waals surface area contributed by atoms with Gasteiger partial charge in [0.25, 0.3) is 11.9 Å². The summed E-state index contributed by atoms with van der Waals surface area (Å²) in [5.74, 6) is -1.11. The smallest absolute Gasteiger partial charge is 0.416 e. The molecule has 3 heterocycles. The molecular weight excluding hydrogens is 443 g/mol. The monoisotopic (exact) mass is 471 g/mol. The van der Waals surface area contributed by atoms with Crippen molar-refractivity contribution >= 4 is 11.9 Å². The standard InChI is InChI=1S/C18H20F3N3O.2C2H4O2/c19-18(20,21)14-3-1-2-13(10-14)16-23-8-9-24(16)15-11-17(25-12-15)4-6-22-7-5-17;2*1-2(3)4/h1-3,8-10,15,22H,4-7,11-12H2;2*1H3,(H,3,4). The number of hydrogen-bond acceptors (Lipinski definition) is 5. The molecule has 1 spiro atoms. The maximum atomic E-state index is 13.0. The minimum absolute atomic E-state index is 0.102. The van der Waals surface area contributed by atoms with Crippen molar-refractivity contribution in [2.75, 3.05) is 19.7 Å². The van der Waals surface area contributed by atoms with Crippen molar-refractivity contribution < 1.29 is 37.7 Å². The molecular formula is C22H28F3N3O5. The summed E-state index contributed by atoms with van der Waals surface area (Å²) >= 11 is 0. The Balaban J connectivity index is 0.000000420. The van der Waals surface area contributed by atoms with Gasteiger partial charge >= 0.3 is 6.18 Å². The van der Waals surface area contributed by atoms with Gasteiger partial charge in [0.05, 0.1) is 23.8 Å². The normalized spacial score (nSPS) is 19.1. The van der Waals surface area contributed by atoms with Crippen LogP contribution >= 0.6 is 0 Å². The van der Waals surface area contributed by atoms with E-state index in [1.807, 2.05) is 10.8 Å². The molecule has 1 aromatic heterocycles. The zero-order chi connectivity index (χ0) is 24.6. The van der Waals surface area contributed by atoms with Crippen molar-refractivity contribution in [1.29, 1.82) is 0 Å². The molecule has 2 saturated heterocycles. The zero-order valence-electron chi connectivity index (χ0n) is 18.4. The Hall–Kier alpha value is -2.92. The van der Waals surface area contributed by atoms with E-state index in [1.54, 1.807) is 12.3 Å². The van der Waals surface area contributed by atoms with Gasteiger partial charge in [-0.25, -0.2) is 4.98 Å². The molecule has 3 N–H and O–H groups in total. The molecule has 2 aliphatic heterocycles. The van der Waals surface area contributed by atoms with Crippen molar-refractivity contribution in [2.24, 2.45) is 0 Å². The number of halogens is 3. The average Bonchev–Trinajstić information content (AvgIpc) is 3.35. The van der Waals surface area contributed by atoms with Gasteiger partial charge in [-0.3, -0.25) is 9.59 Å². The predicted molar refractivity (Wildman–Crippen MR) is 114 cm³/mol. The third kappa shape index (κ3) is 7.86. The summed E-state index contributed by atoms with van der Waals surface area (Å²) in [6.45, 7) is 4.62. The summed E-state index contributed by atoms with van der Waals surface area (Å²) in [6.07, 6.45) is 1.93. The molecule has 4 rings (SSSR count). The number of alkyl halides is 3. The van der Waals surface area contributed by atoms with Crippen LogP contribution in [0.1, 0.15) is 44.7 Å². The van der Waals surface area contributed by atoms with Crippen LogP contribution in [0, 0.1) is 0 Å². The van der Waals surface area contributed by atoms with Crippen molar-refractivity contribution in [2.45, 2.75) is 50.9 Å². The number of rotatable bonds is 2. The number of carboxylic acid groups (broad SMARTS) is 2. The van der Waals surface area contributed by atoms with Gasteiger partial charge in [-0.1, -0.05) is 12.1 Å². The van der Waals surface area contributed by atoms with E-state index in [9.17, 15) is 13.2 Å². The number of piperidine rings is 1. The molecule has 1 atom stereocenters. The van der Waals surface area contributed by atoms with Crippen LogP contribution in [0.25, 0.3) is 11.4 Å². The van der Waals surface area contributed by atoms with Crippen molar-refractivity contribution in [3.8, 4) is 11.4 Å². The molecule has 2 fully saturated rings. The van der Waals surface area contributed by atoms with E-state index in [1.165, 1.54) is 6.07 Å². The molecule has 2 aromatic rings. The fraction of sp³-hybridized carbons (Fsp3) is 0.500. The highest BCUT2D eigenvalue weighted by Crippen LogP contribution is 2.41. The number of benzene rings is 1. The van der Waals surface area contributed by atoms with Gasteiger partial charge in [0, 0.05) is 31.8 Å². The number of carboxylic acids is 2. The van der Waals surface area contributed by atoms with Gasteiger partial charge in [-0.05, 0) is 44.5 Å². The number of imidazole rings is 1. The summed E-state index contributed by atoms with van der Waals surface area (Å²) in [5.41, 5.74) is -0.284. The number of nitrogens with one attached hydrogen (secondary N) is 1. The van der Waals surface area contributed by atoms with Crippen LogP contribution in [0.2, 0.25) is 0 Å². The molecule has 33 heavy (non-hydrogen) atoms. The van der Waals surface area contributed by atoms with Gasteiger partial charge in [0.2, 0.25) is 0 Å². The van der Waals surface area contributed by atoms with Gasteiger partial charge in [-0.2, -0.15) is 13.2 Å². The molecule has 11 heteroatoms.